The van der Waals surface area contributed by atoms with Crippen LogP contribution in [-0.4, -0.2) is 4.98 Å². The van der Waals surface area contributed by atoms with Gasteiger partial charge in [0.15, 0.2) is 0 Å². The normalized spacial score (nSPS) is 10.8. The molecule has 0 radical (unpaired) electrons. The number of H-pyrrole nitrogens is 1. The Morgan fingerprint density at radius 1 is 1.33 bits per heavy atom. The number of halogens is 1. The summed E-state index contributed by atoms with van der Waals surface area (Å²) in [5.74, 6) is -0.218. The van der Waals surface area contributed by atoms with Gasteiger partial charge in [-0.15, -0.1) is 0 Å². The quantitative estimate of drug-likeness (QED) is 0.662. The highest BCUT2D eigenvalue weighted by atomic mass is 19.1. The summed E-state index contributed by atoms with van der Waals surface area (Å²) >= 11 is 0. The molecule has 2 aromatic rings. The first kappa shape index (κ1) is 7.31. The maximum Gasteiger partial charge on any atom is 0.123 e. The van der Waals surface area contributed by atoms with Crippen molar-refractivity contribution in [1.82, 2.24) is 4.98 Å². The zero-order chi connectivity index (χ0) is 8.55. The van der Waals surface area contributed by atoms with Crippen molar-refractivity contribution in [2.75, 3.05) is 0 Å². The van der Waals surface area contributed by atoms with Crippen LogP contribution in [0.5, 0.6) is 0 Å². The van der Waals surface area contributed by atoms with Gasteiger partial charge in [0.2, 0.25) is 0 Å². The summed E-state index contributed by atoms with van der Waals surface area (Å²) in [7, 11) is 0. The van der Waals surface area contributed by atoms with E-state index in [1.807, 2.05) is 6.07 Å². The molecule has 1 aromatic carbocycles. The van der Waals surface area contributed by atoms with Gasteiger partial charge in [-0.3, -0.25) is 0 Å². The van der Waals surface area contributed by atoms with E-state index in [2.05, 4.69) is 4.98 Å². The maximum absolute atomic E-state index is 12.7. The lowest BCUT2D eigenvalue weighted by Crippen LogP contribution is -1.94. The van der Waals surface area contributed by atoms with Crippen LogP contribution < -0.4 is 5.73 Å². The van der Waals surface area contributed by atoms with E-state index in [1.165, 1.54) is 12.1 Å². The first-order valence-corrected chi connectivity index (χ1v) is 3.77. The van der Waals surface area contributed by atoms with Crippen molar-refractivity contribution in [2.24, 2.45) is 5.73 Å². The molecule has 2 nitrogen and oxygen atoms in total. The third-order valence-corrected chi connectivity index (χ3v) is 1.86. The van der Waals surface area contributed by atoms with Crippen LogP contribution >= 0.6 is 0 Å². The van der Waals surface area contributed by atoms with Gasteiger partial charge in [0.1, 0.15) is 5.82 Å². The van der Waals surface area contributed by atoms with E-state index in [0.29, 0.717) is 6.54 Å². The highest BCUT2D eigenvalue weighted by Gasteiger charge is 1.99. The van der Waals surface area contributed by atoms with Crippen LogP contribution in [0.3, 0.4) is 0 Å². The van der Waals surface area contributed by atoms with E-state index in [0.717, 1.165) is 16.6 Å². The molecule has 1 aromatic heterocycles. The zero-order valence-corrected chi connectivity index (χ0v) is 6.47. The lowest BCUT2D eigenvalue weighted by atomic mass is 10.2. The first-order valence-electron chi connectivity index (χ1n) is 3.77. The number of fused-ring (bicyclic) bond motifs is 1. The summed E-state index contributed by atoms with van der Waals surface area (Å²) in [6.45, 7) is 0.455. The molecule has 2 rings (SSSR count). The molecule has 0 saturated carbocycles. The van der Waals surface area contributed by atoms with Crippen molar-refractivity contribution in [3.63, 3.8) is 0 Å². The molecule has 0 fully saturated rings. The van der Waals surface area contributed by atoms with Gasteiger partial charge in [0.05, 0.1) is 0 Å². The van der Waals surface area contributed by atoms with Gasteiger partial charge in [-0.25, -0.2) is 4.39 Å². The monoisotopic (exact) mass is 164 g/mol. The minimum atomic E-state index is -0.218. The van der Waals surface area contributed by atoms with E-state index in [-0.39, 0.29) is 5.82 Å². The second kappa shape index (κ2) is 2.60. The Kier molecular flexibility index (Phi) is 1.59. The summed E-state index contributed by atoms with van der Waals surface area (Å²) in [5, 5.41) is 0.871. The first-order chi connectivity index (χ1) is 5.79. The number of benzene rings is 1. The highest BCUT2D eigenvalue weighted by Crippen LogP contribution is 2.15. The molecule has 12 heavy (non-hydrogen) atoms. The van der Waals surface area contributed by atoms with Crippen LogP contribution in [0.1, 0.15) is 5.69 Å². The maximum atomic E-state index is 12.7. The number of rotatable bonds is 1. The topological polar surface area (TPSA) is 41.8 Å². The number of aromatic amines is 1. The summed E-state index contributed by atoms with van der Waals surface area (Å²) in [4.78, 5) is 3.08. The molecule has 0 amide bonds. The van der Waals surface area contributed by atoms with Crippen LogP contribution in [0, 0.1) is 5.82 Å². The van der Waals surface area contributed by atoms with Crippen molar-refractivity contribution >= 4 is 10.9 Å². The Bertz CT molecular complexity index is 406. The molecule has 0 saturated heterocycles. The molecule has 0 unspecified atom stereocenters. The van der Waals surface area contributed by atoms with Gasteiger partial charge in [-0.05, 0) is 24.3 Å². The molecule has 0 bridgehead atoms. The molecule has 0 atom stereocenters. The minimum absolute atomic E-state index is 0.218. The van der Waals surface area contributed by atoms with Gasteiger partial charge < -0.3 is 10.7 Å². The van der Waals surface area contributed by atoms with E-state index >= 15 is 0 Å². The fraction of sp³-hybridized carbons (Fsp3) is 0.111. The predicted molar refractivity (Wildman–Crippen MR) is 46.1 cm³/mol. The Hall–Kier alpha value is -1.35. The molecule has 1 heterocycles. The molecule has 62 valence electrons. The third kappa shape index (κ3) is 1.08. The molecule has 0 aliphatic carbocycles. The van der Waals surface area contributed by atoms with Crippen molar-refractivity contribution in [2.45, 2.75) is 6.54 Å². The summed E-state index contributed by atoms with van der Waals surface area (Å²) in [6.07, 6.45) is 0. The number of nitrogens with one attached hydrogen (secondary N) is 1. The van der Waals surface area contributed by atoms with Gasteiger partial charge in [0, 0.05) is 23.1 Å². The average Bonchev–Trinajstić information content (AvgIpc) is 2.46. The largest absolute Gasteiger partial charge is 0.357 e. The van der Waals surface area contributed by atoms with Crippen LogP contribution in [-0.2, 0) is 6.54 Å². The number of hydrogen-bond acceptors (Lipinski definition) is 1. The smallest absolute Gasteiger partial charge is 0.123 e. The molecule has 3 N–H and O–H groups in total. The van der Waals surface area contributed by atoms with Crippen molar-refractivity contribution in [3.05, 3.63) is 35.8 Å². The number of aromatic nitrogens is 1. The molecular formula is C9H9FN2. The number of nitrogens with two attached hydrogens (primary N) is 1. The van der Waals surface area contributed by atoms with Crippen LogP contribution in [0.25, 0.3) is 10.9 Å². The van der Waals surface area contributed by atoms with Crippen molar-refractivity contribution < 1.29 is 4.39 Å². The van der Waals surface area contributed by atoms with E-state index < -0.39 is 0 Å². The van der Waals surface area contributed by atoms with E-state index in [9.17, 15) is 4.39 Å². The van der Waals surface area contributed by atoms with Crippen molar-refractivity contribution in [3.8, 4) is 0 Å². The van der Waals surface area contributed by atoms with Gasteiger partial charge in [-0.1, -0.05) is 0 Å². The highest BCUT2D eigenvalue weighted by molar-refractivity contribution is 5.80. The van der Waals surface area contributed by atoms with Crippen molar-refractivity contribution in [1.29, 1.82) is 0 Å². The Balaban J connectivity index is 2.67. The molecule has 0 aliphatic rings. The summed E-state index contributed by atoms with van der Waals surface area (Å²) in [5.41, 5.74) is 7.28. The molecule has 0 aliphatic heterocycles. The third-order valence-electron chi connectivity index (χ3n) is 1.86. The zero-order valence-electron chi connectivity index (χ0n) is 6.47. The Morgan fingerprint density at radius 3 is 2.92 bits per heavy atom. The fourth-order valence-corrected chi connectivity index (χ4v) is 1.27. The standard InChI is InChI=1S/C9H9FN2/c10-7-1-2-9-6(3-7)4-8(5-11)12-9/h1-4,12H,5,11H2. The lowest BCUT2D eigenvalue weighted by molar-refractivity contribution is 0.630. The molecular weight excluding hydrogens is 155 g/mol. The fourth-order valence-electron chi connectivity index (χ4n) is 1.27. The number of hydrogen-bond donors (Lipinski definition) is 2. The van der Waals surface area contributed by atoms with Crippen LogP contribution in [0.15, 0.2) is 24.3 Å². The molecule has 0 spiro atoms. The van der Waals surface area contributed by atoms with E-state index in [4.69, 9.17) is 5.73 Å². The second-order valence-electron chi connectivity index (χ2n) is 2.73. The second-order valence-corrected chi connectivity index (χ2v) is 2.73. The average molecular weight is 164 g/mol. The Morgan fingerprint density at radius 2 is 2.17 bits per heavy atom. The molecule has 3 heteroatoms. The van der Waals surface area contributed by atoms with Gasteiger partial charge in [0.25, 0.3) is 0 Å². The summed E-state index contributed by atoms with van der Waals surface area (Å²) < 4.78 is 12.7. The van der Waals surface area contributed by atoms with Crippen LogP contribution in [0.2, 0.25) is 0 Å². The van der Waals surface area contributed by atoms with Gasteiger partial charge >= 0.3 is 0 Å². The minimum Gasteiger partial charge on any atom is -0.357 e. The van der Waals surface area contributed by atoms with Crippen LogP contribution in [0.4, 0.5) is 4.39 Å². The Labute approximate surface area is 69.2 Å². The summed E-state index contributed by atoms with van der Waals surface area (Å²) in [6, 6.07) is 6.49. The predicted octanol–water partition coefficient (Wildman–Crippen LogP) is 1.77. The lowest BCUT2D eigenvalue weighted by Gasteiger charge is -1.87. The van der Waals surface area contributed by atoms with E-state index in [1.54, 1.807) is 6.07 Å². The SMILES string of the molecule is NCc1cc2cc(F)ccc2[nH]1. The van der Waals surface area contributed by atoms with Gasteiger partial charge in [-0.2, -0.15) is 0 Å².